The van der Waals surface area contributed by atoms with E-state index in [1.54, 1.807) is 27.4 Å². The average Bonchev–Trinajstić information content (AvgIpc) is 2.98. The fraction of sp³-hybridized carbons (Fsp3) is 0.611. The number of sulfonamides is 1. The Bertz CT molecular complexity index is 753. The number of carbonyl (C=O) groups is 1. The van der Waals surface area contributed by atoms with Crippen LogP contribution < -0.4 is 4.90 Å². The molecule has 3 rings (SSSR count). The summed E-state index contributed by atoms with van der Waals surface area (Å²) in [7, 11) is -3.47. The Labute approximate surface area is 150 Å². The van der Waals surface area contributed by atoms with E-state index in [9.17, 15) is 13.2 Å². The van der Waals surface area contributed by atoms with Crippen LogP contribution in [0, 0.1) is 5.92 Å². The molecular weight excluding hydrogens is 338 g/mol. The summed E-state index contributed by atoms with van der Waals surface area (Å²) in [5, 5.41) is 0. The summed E-state index contributed by atoms with van der Waals surface area (Å²) in [6, 6.07) is 5.15. The molecule has 2 heterocycles. The number of benzene rings is 1. The summed E-state index contributed by atoms with van der Waals surface area (Å²) < 4.78 is 27.5. The van der Waals surface area contributed by atoms with E-state index in [-0.39, 0.29) is 5.91 Å². The molecule has 1 saturated heterocycles. The molecule has 138 valence electrons. The standard InChI is InChI=1S/C18H27N3O3S/c1-14(2)13-19-8-10-20(11-9-19)25(23,24)17-4-5-18-16(12-17)6-7-21(18)15(3)22/h4-5,12,14H,6-11,13H2,1-3H3. The predicted molar refractivity (Wildman–Crippen MR) is 98.2 cm³/mol. The molecule has 6 nitrogen and oxygen atoms in total. The summed E-state index contributed by atoms with van der Waals surface area (Å²) in [6.07, 6.45) is 0.709. The number of hydrogen-bond acceptors (Lipinski definition) is 4. The van der Waals surface area contributed by atoms with Gasteiger partial charge in [0, 0.05) is 51.9 Å². The van der Waals surface area contributed by atoms with Gasteiger partial charge in [-0.3, -0.25) is 4.79 Å². The molecule has 1 aromatic carbocycles. The van der Waals surface area contributed by atoms with Gasteiger partial charge in [-0.25, -0.2) is 8.42 Å². The van der Waals surface area contributed by atoms with Crippen molar-refractivity contribution in [2.45, 2.75) is 32.1 Å². The second kappa shape index (κ2) is 7.05. The van der Waals surface area contributed by atoms with Crippen molar-refractivity contribution in [3.63, 3.8) is 0 Å². The van der Waals surface area contributed by atoms with Crippen molar-refractivity contribution in [3.8, 4) is 0 Å². The first-order valence-electron chi connectivity index (χ1n) is 8.92. The highest BCUT2D eigenvalue weighted by Crippen LogP contribution is 2.31. The van der Waals surface area contributed by atoms with Gasteiger partial charge in [0.1, 0.15) is 0 Å². The molecule has 0 saturated carbocycles. The van der Waals surface area contributed by atoms with Crippen molar-refractivity contribution in [3.05, 3.63) is 23.8 Å². The maximum atomic E-state index is 13.0. The van der Waals surface area contributed by atoms with Crippen LogP contribution in [0.15, 0.2) is 23.1 Å². The number of amides is 1. The van der Waals surface area contributed by atoms with E-state index in [0.29, 0.717) is 36.9 Å². The van der Waals surface area contributed by atoms with E-state index >= 15 is 0 Å². The SMILES string of the molecule is CC(=O)N1CCc2cc(S(=O)(=O)N3CCN(CC(C)C)CC3)ccc21. The lowest BCUT2D eigenvalue weighted by Crippen LogP contribution is -2.49. The van der Waals surface area contributed by atoms with Crippen molar-refractivity contribution in [2.24, 2.45) is 5.92 Å². The third-order valence-electron chi connectivity index (χ3n) is 4.92. The van der Waals surface area contributed by atoms with Crippen LogP contribution in [-0.2, 0) is 21.2 Å². The van der Waals surface area contributed by atoms with Crippen molar-refractivity contribution in [1.29, 1.82) is 0 Å². The molecule has 0 spiro atoms. The largest absolute Gasteiger partial charge is 0.312 e. The summed E-state index contributed by atoms with van der Waals surface area (Å²) in [4.78, 5) is 16.0. The fourth-order valence-electron chi connectivity index (χ4n) is 3.68. The highest BCUT2D eigenvalue weighted by Gasteiger charge is 2.30. The Morgan fingerprint density at radius 1 is 1.12 bits per heavy atom. The lowest BCUT2D eigenvalue weighted by molar-refractivity contribution is -0.116. The Morgan fingerprint density at radius 2 is 1.80 bits per heavy atom. The molecule has 0 N–H and O–H groups in total. The molecule has 0 unspecified atom stereocenters. The molecule has 2 aliphatic heterocycles. The molecule has 0 radical (unpaired) electrons. The van der Waals surface area contributed by atoms with E-state index < -0.39 is 10.0 Å². The molecule has 2 aliphatic rings. The van der Waals surface area contributed by atoms with Crippen molar-refractivity contribution < 1.29 is 13.2 Å². The minimum absolute atomic E-state index is 0.00404. The van der Waals surface area contributed by atoms with Gasteiger partial charge >= 0.3 is 0 Å². The Morgan fingerprint density at radius 3 is 2.40 bits per heavy atom. The van der Waals surface area contributed by atoms with Crippen LogP contribution in [-0.4, -0.2) is 62.8 Å². The van der Waals surface area contributed by atoms with Crippen LogP contribution in [0.2, 0.25) is 0 Å². The molecule has 7 heteroatoms. The van der Waals surface area contributed by atoms with Gasteiger partial charge in [-0.05, 0) is 36.1 Å². The quantitative estimate of drug-likeness (QED) is 0.812. The monoisotopic (exact) mass is 365 g/mol. The molecule has 0 atom stereocenters. The first-order chi connectivity index (χ1) is 11.8. The van der Waals surface area contributed by atoms with Gasteiger partial charge in [-0.2, -0.15) is 4.31 Å². The van der Waals surface area contributed by atoms with E-state index in [0.717, 1.165) is 30.9 Å². The van der Waals surface area contributed by atoms with Gasteiger partial charge in [-0.1, -0.05) is 13.8 Å². The van der Waals surface area contributed by atoms with Gasteiger partial charge in [0.2, 0.25) is 15.9 Å². The molecule has 0 aromatic heterocycles. The third kappa shape index (κ3) is 3.73. The molecule has 1 fully saturated rings. The first kappa shape index (κ1) is 18.4. The summed E-state index contributed by atoms with van der Waals surface area (Å²) in [5.74, 6) is 0.583. The Kier molecular flexibility index (Phi) is 5.18. The van der Waals surface area contributed by atoms with E-state index in [1.807, 2.05) is 0 Å². The summed E-state index contributed by atoms with van der Waals surface area (Å²) in [5.41, 5.74) is 1.78. The second-order valence-corrected chi connectivity index (χ2v) is 9.25. The predicted octanol–water partition coefficient (Wildman–Crippen LogP) is 1.56. The minimum Gasteiger partial charge on any atom is -0.312 e. The molecule has 0 aliphatic carbocycles. The molecule has 0 bridgehead atoms. The van der Waals surface area contributed by atoms with Crippen molar-refractivity contribution in [2.75, 3.05) is 44.2 Å². The molecule has 1 aromatic rings. The number of anilines is 1. The third-order valence-corrected chi connectivity index (χ3v) is 6.81. The van der Waals surface area contributed by atoms with Crippen LogP contribution >= 0.6 is 0 Å². The van der Waals surface area contributed by atoms with Gasteiger partial charge in [0.15, 0.2) is 0 Å². The van der Waals surface area contributed by atoms with E-state index in [4.69, 9.17) is 0 Å². The minimum atomic E-state index is -3.47. The topological polar surface area (TPSA) is 60.9 Å². The molecular formula is C18H27N3O3S. The van der Waals surface area contributed by atoms with Crippen LogP contribution in [0.1, 0.15) is 26.3 Å². The highest BCUT2D eigenvalue weighted by atomic mass is 32.2. The number of carbonyl (C=O) groups excluding carboxylic acids is 1. The lowest BCUT2D eigenvalue weighted by Gasteiger charge is -2.34. The summed E-state index contributed by atoms with van der Waals surface area (Å²) in [6.45, 7) is 10.2. The zero-order chi connectivity index (χ0) is 18.2. The van der Waals surface area contributed by atoms with Gasteiger partial charge in [-0.15, -0.1) is 0 Å². The van der Waals surface area contributed by atoms with Crippen LogP contribution in [0.5, 0.6) is 0 Å². The average molecular weight is 365 g/mol. The van der Waals surface area contributed by atoms with Crippen LogP contribution in [0.4, 0.5) is 5.69 Å². The summed E-state index contributed by atoms with van der Waals surface area (Å²) >= 11 is 0. The number of piperazine rings is 1. The van der Waals surface area contributed by atoms with Gasteiger partial charge in [0.05, 0.1) is 4.90 Å². The maximum absolute atomic E-state index is 13.0. The fourth-order valence-corrected chi connectivity index (χ4v) is 5.16. The van der Waals surface area contributed by atoms with Gasteiger partial charge in [0.25, 0.3) is 0 Å². The van der Waals surface area contributed by atoms with Crippen LogP contribution in [0.25, 0.3) is 0 Å². The first-order valence-corrected chi connectivity index (χ1v) is 10.4. The Balaban J connectivity index is 1.75. The number of rotatable bonds is 4. The lowest BCUT2D eigenvalue weighted by atomic mass is 10.2. The number of fused-ring (bicyclic) bond motifs is 1. The molecule has 25 heavy (non-hydrogen) atoms. The zero-order valence-corrected chi connectivity index (χ0v) is 16.1. The molecule has 1 amide bonds. The maximum Gasteiger partial charge on any atom is 0.243 e. The van der Waals surface area contributed by atoms with Crippen molar-refractivity contribution >= 4 is 21.6 Å². The number of nitrogens with zero attached hydrogens (tertiary/aromatic N) is 3. The van der Waals surface area contributed by atoms with E-state index in [1.165, 1.54) is 6.92 Å². The van der Waals surface area contributed by atoms with Gasteiger partial charge < -0.3 is 9.80 Å². The van der Waals surface area contributed by atoms with E-state index in [2.05, 4.69) is 18.7 Å². The highest BCUT2D eigenvalue weighted by molar-refractivity contribution is 7.89. The van der Waals surface area contributed by atoms with Crippen LogP contribution in [0.3, 0.4) is 0 Å². The smallest absolute Gasteiger partial charge is 0.243 e. The second-order valence-electron chi connectivity index (χ2n) is 7.31. The number of hydrogen-bond donors (Lipinski definition) is 0. The normalized spacial score (nSPS) is 19.4. The van der Waals surface area contributed by atoms with Crippen molar-refractivity contribution in [1.82, 2.24) is 9.21 Å². The zero-order valence-electron chi connectivity index (χ0n) is 15.2. The Hall–Kier alpha value is -1.44.